The predicted molar refractivity (Wildman–Crippen MR) is 181 cm³/mol. The van der Waals surface area contributed by atoms with E-state index in [2.05, 4.69) is 4.90 Å². The lowest BCUT2D eigenvalue weighted by Gasteiger charge is -2.41. The summed E-state index contributed by atoms with van der Waals surface area (Å²) in [4.78, 5) is 17.8. The molecule has 2 aliphatic rings. The molecule has 0 aromatic heterocycles. The molecule has 2 atom stereocenters. The standard InChI is InChI=1S/C35H36Cl2FN3O3S/c1-39(33(42)28-11-7-9-24-8-3-4-10-27(24)28)23-26(25-14-15-30(36)31(37)22-25)16-19-40-20-17-35(18-21-40)29-12-5-6-13-32(29)41(34(35)38)45(2,43)44/h3-15,22,26,34H,16-21,23H2,1-2H3/t26-,34?/m1/s1. The number of likely N-dealkylation sites (N-methyl/N-ethyl adjacent to an activating group) is 1. The molecular weight excluding hydrogens is 632 g/mol. The Morgan fingerprint density at radius 1 is 0.978 bits per heavy atom. The fourth-order valence-corrected chi connectivity index (χ4v) is 8.45. The Bertz CT molecular complexity index is 1840. The van der Waals surface area contributed by atoms with Gasteiger partial charge in [0, 0.05) is 25.1 Å². The second-order valence-electron chi connectivity index (χ2n) is 12.3. The van der Waals surface area contributed by atoms with Crippen LogP contribution in [0.3, 0.4) is 0 Å². The van der Waals surface area contributed by atoms with Gasteiger partial charge in [0.1, 0.15) is 0 Å². The summed E-state index contributed by atoms with van der Waals surface area (Å²) in [5.74, 6) is -0.0810. The van der Waals surface area contributed by atoms with E-state index in [4.69, 9.17) is 23.2 Å². The lowest BCUT2D eigenvalue weighted by molar-refractivity contribution is 0.0777. The van der Waals surface area contributed by atoms with Crippen molar-refractivity contribution in [2.24, 2.45) is 0 Å². The lowest BCUT2D eigenvalue weighted by Crippen LogP contribution is -2.50. The van der Waals surface area contributed by atoms with E-state index in [9.17, 15) is 13.2 Å². The lowest BCUT2D eigenvalue weighted by atomic mass is 9.73. The van der Waals surface area contributed by atoms with Crippen LogP contribution in [0.5, 0.6) is 0 Å². The predicted octanol–water partition coefficient (Wildman–Crippen LogP) is 7.50. The largest absolute Gasteiger partial charge is 0.341 e. The van der Waals surface area contributed by atoms with Gasteiger partial charge in [-0.1, -0.05) is 83.9 Å². The van der Waals surface area contributed by atoms with Gasteiger partial charge in [0.2, 0.25) is 10.0 Å². The van der Waals surface area contributed by atoms with Crippen molar-refractivity contribution in [3.63, 3.8) is 0 Å². The topological polar surface area (TPSA) is 60.9 Å². The highest BCUT2D eigenvalue weighted by atomic mass is 35.5. The zero-order chi connectivity index (χ0) is 31.9. The summed E-state index contributed by atoms with van der Waals surface area (Å²) in [5.41, 5.74) is 1.99. The van der Waals surface area contributed by atoms with E-state index in [1.54, 1.807) is 23.1 Å². The summed E-state index contributed by atoms with van der Waals surface area (Å²) >= 11 is 12.7. The third-order valence-electron chi connectivity index (χ3n) is 9.52. The van der Waals surface area contributed by atoms with Crippen LogP contribution in [0.4, 0.5) is 10.1 Å². The van der Waals surface area contributed by atoms with Gasteiger partial charge in [-0.05, 0) is 85.1 Å². The molecule has 0 radical (unpaired) electrons. The molecule has 0 aliphatic carbocycles. The van der Waals surface area contributed by atoms with E-state index in [1.807, 2.05) is 73.8 Å². The van der Waals surface area contributed by atoms with Gasteiger partial charge in [0.15, 0.2) is 6.30 Å². The minimum absolute atomic E-state index is 0.0264. The minimum atomic E-state index is -3.77. The molecule has 6 rings (SSSR count). The van der Waals surface area contributed by atoms with Crippen LogP contribution in [0, 0.1) is 0 Å². The van der Waals surface area contributed by atoms with E-state index in [1.165, 1.54) is 0 Å². The first-order chi connectivity index (χ1) is 21.5. The molecule has 2 heterocycles. The highest BCUT2D eigenvalue weighted by Gasteiger charge is 2.55. The van der Waals surface area contributed by atoms with Crippen molar-refractivity contribution in [2.75, 3.05) is 43.8 Å². The fraction of sp³-hybridized carbons (Fsp3) is 0.343. The van der Waals surface area contributed by atoms with Crippen LogP contribution in [0.25, 0.3) is 10.8 Å². The normalized spacial score (nSPS) is 18.7. The molecule has 0 saturated carbocycles. The maximum absolute atomic E-state index is 16.1. The number of benzene rings is 4. The molecule has 6 nitrogen and oxygen atoms in total. The zero-order valence-electron chi connectivity index (χ0n) is 25.3. The van der Waals surface area contributed by atoms with Gasteiger partial charge in [-0.2, -0.15) is 0 Å². The van der Waals surface area contributed by atoms with E-state index >= 15 is 4.39 Å². The number of hydrogen-bond acceptors (Lipinski definition) is 4. The van der Waals surface area contributed by atoms with Gasteiger partial charge < -0.3 is 9.80 Å². The molecule has 1 fully saturated rings. The van der Waals surface area contributed by atoms with Gasteiger partial charge in [0.05, 0.1) is 27.4 Å². The Morgan fingerprint density at radius 2 is 1.67 bits per heavy atom. The van der Waals surface area contributed by atoms with Crippen LogP contribution in [-0.4, -0.2) is 69.9 Å². The van der Waals surface area contributed by atoms with Gasteiger partial charge in [-0.15, -0.1) is 0 Å². The Balaban J connectivity index is 1.18. The van der Waals surface area contributed by atoms with Gasteiger partial charge in [0.25, 0.3) is 5.91 Å². The number of fused-ring (bicyclic) bond motifs is 3. The number of rotatable bonds is 8. The van der Waals surface area contributed by atoms with E-state index < -0.39 is 21.7 Å². The maximum atomic E-state index is 16.1. The molecular formula is C35H36Cl2FN3O3S. The number of alkyl halides is 1. The van der Waals surface area contributed by atoms with Crippen LogP contribution < -0.4 is 4.31 Å². The first kappa shape index (κ1) is 31.8. The maximum Gasteiger partial charge on any atom is 0.254 e. The quantitative estimate of drug-likeness (QED) is 0.183. The van der Waals surface area contributed by atoms with Crippen molar-refractivity contribution < 1.29 is 17.6 Å². The molecule has 0 bridgehead atoms. The number of likely N-dealkylation sites (tertiary alicyclic amines) is 1. The van der Waals surface area contributed by atoms with Crippen molar-refractivity contribution in [2.45, 2.75) is 36.9 Å². The second-order valence-corrected chi connectivity index (χ2v) is 15.0. The molecule has 1 amide bonds. The van der Waals surface area contributed by atoms with Crippen LogP contribution in [0.2, 0.25) is 10.0 Å². The molecule has 10 heteroatoms. The highest BCUT2D eigenvalue weighted by Crippen LogP contribution is 2.52. The monoisotopic (exact) mass is 667 g/mol. The van der Waals surface area contributed by atoms with Crippen molar-refractivity contribution in [1.82, 2.24) is 9.80 Å². The van der Waals surface area contributed by atoms with E-state index in [0.717, 1.165) is 45.4 Å². The smallest absolute Gasteiger partial charge is 0.254 e. The third-order valence-corrected chi connectivity index (χ3v) is 11.4. The molecule has 0 N–H and O–H groups in total. The number of nitrogens with zero attached hydrogens (tertiary/aromatic N) is 3. The number of hydrogen-bond donors (Lipinski definition) is 0. The first-order valence-electron chi connectivity index (χ1n) is 15.1. The van der Waals surface area contributed by atoms with Crippen molar-refractivity contribution in [1.29, 1.82) is 0 Å². The number of carbonyl (C=O) groups is 1. The van der Waals surface area contributed by atoms with Crippen molar-refractivity contribution >= 4 is 55.6 Å². The number of sulfonamides is 1. The molecule has 45 heavy (non-hydrogen) atoms. The van der Waals surface area contributed by atoms with Crippen LogP contribution >= 0.6 is 23.2 Å². The number of para-hydroxylation sites is 1. The molecule has 1 spiro atoms. The summed E-state index contributed by atoms with van der Waals surface area (Å²) in [6, 6.07) is 26.4. The molecule has 1 saturated heterocycles. The van der Waals surface area contributed by atoms with Crippen LogP contribution in [0.1, 0.15) is 46.7 Å². The molecule has 4 aromatic rings. The molecule has 1 unspecified atom stereocenters. The Kier molecular flexibility index (Phi) is 8.87. The van der Waals surface area contributed by atoms with E-state index in [-0.39, 0.29) is 11.8 Å². The number of carbonyl (C=O) groups excluding carboxylic acids is 1. The Morgan fingerprint density at radius 3 is 2.40 bits per heavy atom. The minimum Gasteiger partial charge on any atom is -0.341 e. The number of amides is 1. The molecule has 4 aromatic carbocycles. The average molecular weight is 669 g/mol. The summed E-state index contributed by atoms with van der Waals surface area (Å²) in [6.07, 6.45) is 1.19. The number of piperidine rings is 1. The third kappa shape index (κ3) is 6.06. The average Bonchev–Trinajstić information content (AvgIpc) is 3.28. The molecule has 236 valence electrons. The first-order valence-corrected chi connectivity index (χ1v) is 17.7. The van der Waals surface area contributed by atoms with E-state index in [0.29, 0.717) is 53.8 Å². The SMILES string of the molecule is CN(C[C@@H](CCN1CCC2(CC1)c1ccccc1N(S(C)(=O)=O)C2F)c1ccc(Cl)c(Cl)c1)C(=O)c1cccc2ccccc12. The Labute approximate surface area is 274 Å². The van der Waals surface area contributed by atoms with Gasteiger partial charge in [-0.3, -0.25) is 4.79 Å². The summed E-state index contributed by atoms with van der Waals surface area (Å²) in [6.45, 7) is 2.46. The fourth-order valence-electron chi connectivity index (χ4n) is 7.09. The Hall–Kier alpha value is -3.17. The summed E-state index contributed by atoms with van der Waals surface area (Å²) < 4.78 is 42.2. The number of halogens is 3. The highest BCUT2D eigenvalue weighted by molar-refractivity contribution is 7.92. The van der Waals surface area contributed by atoms with Crippen molar-refractivity contribution in [3.8, 4) is 0 Å². The summed E-state index contributed by atoms with van der Waals surface area (Å²) in [7, 11) is -1.95. The van der Waals surface area contributed by atoms with Crippen LogP contribution in [-0.2, 0) is 15.4 Å². The summed E-state index contributed by atoms with van der Waals surface area (Å²) in [5, 5.41) is 2.87. The van der Waals surface area contributed by atoms with Gasteiger partial charge in [-0.25, -0.2) is 17.1 Å². The van der Waals surface area contributed by atoms with Crippen molar-refractivity contribution in [3.05, 3.63) is 112 Å². The zero-order valence-corrected chi connectivity index (χ0v) is 27.6. The molecule has 2 aliphatic heterocycles. The second kappa shape index (κ2) is 12.6. The number of anilines is 1. The van der Waals surface area contributed by atoms with Crippen LogP contribution in [0.15, 0.2) is 84.9 Å². The van der Waals surface area contributed by atoms with Gasteiger partial charge >= 0.3 is 0 Å².